The number of ether oxygens (including phenoxy) is 1. The minimum atomic E-state index is -0.277. The van der Waals surface area contributed by atoms with E-state index in [1.165, 1.54) is 4.88 Å². The second kappa shape index (κ2) is 6.20. The number of hydrogen-bond acceptors (Lipinski definition) is 4. The van der Waals surface area contributed by atoms with E-state index in [9.17, 15) is 4.79 Å². The normalized spacial score (nSPS) is 20.0. The van der Waals surface area contributed by atoms with E-state index in [0.29, 0.717) is 24.9 Å². The van der Waals surface area contributed by atoms with Gasteiger partial charge in [-0.3, -0.25) is 4.79 Å². The van der Waals surface area contributed by atoms with Crippen LogP contribution >= 0.6 is 11.3 Å². The summed E-state index contributed by atoms with van der Waals surface area (Å²) in [5.41, 5.74) is 0.670. The number of carbonyl (C=O) groups is 1. The van der Waals surface area contributed by atoms with E-state index in [0.717, 1.165) is 31.4 Å². The Bertz CT molecular complexity index is 717. The molecule has 0 spiro atoms. The van der Waals surface area contributed by atoms with E-state index in [4.69, 9.17) is 4.74 Å². The molecule has 2 aromatic heterocycles. The molecular weight excluding hydrogens is 320 g/mol. The summed E-state index contributed by atoms with van der Waals surface area (Å²) in [6.45, 7) is 3.29. The Morgan fingerprint density at radius 2 is 2.04 bits per heavy atom. The van der Waals surface area contributed by atoms with Gasteiger partial charge in [-0.05, 0) is 37.3 Å². The number of thiophene rings is 1. The third kappa shape index (κ3) is 2.71. The van der Waals surface area contributed by atoms with Gasteiger partial charge in [0.1, 0.15) is 6.10 Å². The molecule has 0 unspecified atom stereocenters. The topological polar surface area (TPSA) is 42.4 Å². The van der Waals surface area contributed by atoms with Gasteiger partial charge in [0, 0.05) is 16.6 Å². The summed E-state index contributed by atoms with van der Waals surface area (Å²) in [5, 5.41) is 2.08. The summed E-state index contributed by atoms with van der Waals surface area (Å²) in [7, 11) is 0. The first-order valence-electron chi connectivity index (χ1n) is 8.61. The van der Waals surface area contributed by atoms with Gasteiger partial charge < -0.3 is 9.64 Å². The molecule has 1 amide bonds. The first-order valence-corrected chi connectivity index (χ1v) is 9.49. The maximum Gasteiger partial charge on any atom is 0.234 e. The van der Waals surface area contributed by atoms with Crippen molar-refractivity contribution in [1.82, 2.24) is 9.88 Å². The van der Waals surface area contributed by atoms with Crippen molar-refractivity contribution in [2.45, 2.75) is 44.1 Å². The maximum atomic E-state index is 13.2. The van der Waals surface area contributed by atoms with Crippen molar-refractivity contribution in [3.05, 3.63) is 46.3 Å². The van der Waals surface area contributed by atoms with Crippen molar-refractivity contribution >= 4 is 17.2 Å². The van der Waals surface area contributed by atoms with Crippen LogP contribution in [0, 0.1) is 6.92 Å². The molecule has 3 heterocycles. The predicted molar refractivity (Wildman–Crippen MR) is 94.4 cm³/mol. The fourth-order valence-corrected chi connectivity index (χ4v) is 4.81. The van der Waals surface area contributed by atoms with Crippen LogP contribution < -0.4 is 4.74 Å². The molecule has 1 aliphatic carbocycles. The van der Waals surface area contributed by atoms with Crippen LogP contribution in [0.2, 0.25) is 0 Å². The van der Waals surface area contributed by atoms with Crippen LogP contribution in [0.3, 0.4) is 0 Å². The Labute approximate surface area is 146 Å². The van der Waals surface area contributed by atoms with Gasteiger partial charge in [-0.1, -0.05) is 25.0 Å². The number of rotatable bonds is 4. The zero-order valence-corrected chi connectivity index (χ0v) is 14.7. The van der Waals surface area contributed by atoms with Crippen molar-refractivity contribution in [3.63, 3.8) is 0 Å². The largest absolute Gasteiger partial charge is 0.471 e. The van der Waals surface area contributed by atoms with Crippen LogP contribution in [0.5, 0.6) is 5.88 Å². The van der Waals surface area contributed by atoms with Gasteiger partial charge in [0.05, 0.1) is 18.5 Å². The zero-order valence-electron chi connectivity index (χ0n) is 13.9. The van der Waals surface area contributed by atoms with Gasteiger partial charge >= 0.3 is 0 Å². The first-order chi connectivity index (χ1) is 11.7. The number of aromatic nitrogens is 1. The molecule has 4 rings (SSSR count). The fourth-order valence-electron chi connectivity index (χ4n) is 3.83. The molecule has 126 valence electrons. The van der Waals surface area contributed by atoms with E-state index in [2.05, 4.69) is 22.5 Å². The average molecular weight is 342 g/mol. The number of carbonyl (C=O) groups excluding carboxylic acids is 1. The van der Waals surface area contributed by atoms with Crippen LogP contribution in [0.4, 0.5) is 0 Å². The molecule has 2 fully saturated rings. The molecule has 2 aromatic rings. The Morgan fingerprint density at radius 3 is 2.71 bits per heavy atom. The third-order valence-corrected chi connectivity index (χ3v) is 6.22. The van der Waals surface area contributed by atoms with Crippen LogP contribution in [-0.4, -0.2) is 35.0 Å². The Morgan fingerprint density at radius 1 is 1.25 bits per heavy atom. The number of nitrogens with zero attached hydrogens (tertiary/aromatic N) is 2. The summed E-state index contributed by atoms with van der Waals surface area (Å²) in [6, 6.07) is 9.95. The molecule has 5 heteroatoms. The number of amides is 1. The molecule has 4 nitrogen and oxygen atoms in total. The van der Waals surface area contributed by atoms with Crippen molar-refractivity contribution in [1.29, 1.82) is 0 Å². The number of likely N-dealkylation sites (tertiary alicyclic amines) is 1. The Balaban J connectivity index is 1.42. The summed E-state index contributed by atoms with van der Waals surface area (Å²) >= 11 is 1.72. The van der Waals surface area contributed by atoms with Crippen molar-refractivity contribution in [3.8, 4) is 5.88 Å². The SMILES string of the molecule is Cc1cccc(OC2CN(C(=O)C3(c4cccs4)CCCC3)C2)n1. The lowest BCUT2D eigenvalue weighted by Gasteiger charge is -2.43. The minimum absolute atomic E-state index is 0.0602. The van der Waals surface area contributed by atoms with Gasteiger partial charge in [-0.25, -0.2) is 4.98 Å². The number of aryl methyl sites for hydroxylation is 1. The highest BCUT2D eigenvalue weighted by Gasteiger charge is 2.48. The quantitative estimate of drug-likeness (QED) is 0.853. The number of hydrogen-bond donors (Lipinski definition) is 0. The smallest absolute Gasteiger partial charge is 0.234 e. The van der Waals surface area contributed by atoms with Crippen LogP contribution in [0.15, 0.2) is 35.7 Å². The zero-order chi connectivity index (χ0) is 16.6. The predicted octanol–water partition coefficient (Wildman–Crippen LogP) is 3.55. The lowest BCUT2D eigenvalue weighted by Crippen LogP contribution is -2.60. The molecule has 0 atom stereocenters. The highest BCUT2D eigenvalue weighted by atomic mass is 32.1. The average Bonchev–Trinajstić information content (AvgIpc) is 3.21. The summed E-state index contributed by atoms with van der Waals surface area (Å²) in [4.78, 5) is 20.7. The summed E-state index contributed by atoms with van der Waals surface area (Å²) in [6.07, 6.45) is 4.31. The summed E-state index contributed by atoms with van der Waals surface area (Å²) in [5.74, 6) is 0.945. The van der Waals surface area contributed by atoms with Crippen LogP contribution in [-0.2, 0) is 10.2 Å². The molecule has 0 aromatic carbocycles. The molecule has 0 bridgehead atoms. The Kier molecular flexibility index (Phi) is 4.04. The van der Waals surface area contributed by atoms with E-state index < -0.39 is 0 Å². The van der Waals surface area contributed by atoms with Crippen molar-refractivity contribution in [2.24, 2.45) is 0 Å². The summed E-state index contributed by atoms with van der Waals surface area (Å²) < 4.78 is 5.90. The highest BCUT2D eigenvalue weighted by Crippen LogP contribution is 2.45. The molecule has 2 aliphatic rings. The van der Waals surface area contributed by atoms with Gasteiger partial charge in [-0.2, -0.15) is 0 Å². The molecule has 1 saturated carbocycles. The molecular formula is C19H22N2O2S. The van der Waals surface area contributed by atoms with Gasteiger partial charge in [-0.15, -0.1) is 11.3 Å². The molecule has 0 N–H and O–H groups in total. The standard InChI is InChI=1S/C19H22N2O2S/c1-14-6-4-8-17(20-14)23-15-12-21(13-15)18(22)19(9-2-3-10-19)16-7-5-11-24-16/h4-8,11,15H,2-3,9-10,12-13H2,1H3. The number of pyridine rings is 1. The fraction of sp³-hybridized carbons (Fsp3) is 0.474. The van der Waals surface area contributed by atoms with E-state index >= 15 is 0 Å². The van der Waals surface area contributed by atoms with E-state index in [-0.39, 0.29) is 11.5 Å². The second-order valence-electron chi connectivity index (χ2n) is 6.83. The van der Waals surface area contributed by atoms with Crippen molar-refractivity contribution in [2.75, 3.05) is 13.1 Å². The highest BCUT2D eigenvalue weighted by molar-refractivity contribution is 7.10. The van der Waals surface area contributed by atoms with E-state index in [1.54, 1.807) is 11.3 Å². The van der Waals surface area contributed by atoms with Crippen molar-refractivity contribution < 1.29 is 9.53 Å². The molecule has 1 saturated heterocycles. The van der Waals surface area contributed by atoms with E-state index in [1.807, 2.05) is 30.0 Å². The lowest BCUT2D eigenvalue weighted by molar-refractivity contribution is -0.146. The first kappa shape index (κ1) is 15.6. The maximum absolute atomic E-state index is 13.2. The molecule has 24 heavy (non-hydrogen) atoms. The van der Waals surface area contributed by atoms with Gasteiger partial charge in [0.25, 0.3) is 0 Å². The van der Waals surface area contributed by atoms with Crippen LogP contribution in [0.25, 0.3) is 0 Å². The second-order valence-corrected chi connectivity index (χ2v) is 7.78. The van der Waals surface area contributed by atoms with Gasteiger partial charge in [0.15, 0.2) is 0 Å². The minimum Gasteiger partial charge on any atom is -0.471 e. The molecule has 1 aliphatic heterocycles. The monoisotopic (exact) mass is 342 g/mol. The third-order valence-electron chi connectivity index (χ3n) is 5.14. The van der Waals surface area contributed by atoms with Gasteiger partial charge in [0.2, 0.25) is 11.8 Å². The lowest BCUT2D eigenvalue weighted by atomic mass is 9.82. The molecule has 0 radical (unpaired) electrons. The Hall–Kier alpha value is -1.88. The van der Waals surface area contributed by atoms with Crippen LogP contribution in [0.1, 0.15) is 36.3 Å².